The molecule has 0 radical (unpaired) electrons. The van der Waals surface area contributed by atoms with E-state index >= 15 is 0 Å². The van der Waals surface area contributed by atoms with Crippen molar-refractivity contribution in [3.63, 3.8) is 0 Å². The quantitative estimate of drug-likeness (QED) is 0.661. The van der Waals surface area contributed by atoms with Gasteiger partial charge in [-0.1, -0.05) is 0 Å². The van der Waals surface area contributed by atoms with Gasteiger partial charge in [0.25, 0.3) is 0 Å². The summed E-state index contributed by atoms with van der Waals surface area (Å²) in [4.78, 5) is 11.4. The molecule has 0 unspecified atom stereocenters. The zero-order chi connectivity index (χ0) is 14.7. The van der Waals surface area contributed by atoms with Crippen molar-refractivity contribution in [2.45, 2.75) is 6.92 Å². The van der Waals surface area contributed by atoms with Crippen LogP contribution < -0.4 is 9.47 Å². The highest BCUT2D eigenvalue weighted by atomic mass is 79.9. The largest absolute Gasteiger partial charge is 0.497 e. The lowest BCUT2D eigenvalue weighted by atomic mass is 10.1. The van der Waals surface area contributed by atoms with Crippen LogP contribution >= 0.6 is 31.9 Å². The van der Waals surface area contributed by atoms with Gasteiger partial charge in [0.05, 0.1) is 11.6 Å². The second-order valence-electron chi connectivity index (χ2n) is 4.10. The molecule has 0 saturated heterocycles. The second-order valence-corrected chi connectivity index (χ2v) is 5.80. The van der Waals surface area contributed by atoms with Crippen LogP contribution in [0.1, 0.15) is 17.3 Å². The van der Waals surface area contributed by atoms with Crippen molar-refractivity contribution in [1.82, 2.24) is 0 Å². The van der Waals surface area contributed by atoms with E-state index in [0.717, 1.165) is 10.2 Å². The Morgan fingerprint density at radius 3 is 2.20 bits per heavy atom. The van der Waals surface area contributed by atoms with Crippen molar-refractivity contribution in [3.05, 3.63) is 50.9 Å². The molecule has 3 nitrogen and oxygen atoms in total. The summed E-state index contributed by atoms with van der Waals surface area (Å²) in [6.07, 6.45) is 0. The fourth-order valence-corrected chi connectivity index (χ4v) is 2.74. The van der Waals surface area contributed by atoms with E-state index in [4.69, 9.17) is 9.47 Å². The predicted octanol–water partition coefficient (Wildman–Crippen LogP) is 5.22. The highest BCUT2D eigenvalue weighted by Gasteiger charge is 2.09. The van der Waals surface area contributed by atoms with Gasteiger partial charge in [-0.25, -0.2) is 0 Å². The van der Waals surface area contributed by atoms with Gasteiger partial charge >= 0.3 is 0 Å². The van der Waals surface area contributed by atoms with Crippen molar-refractivity contribution in [3.8, 4) is 17.2 Å². The van der Waals surface area contributed by atoms with E-state index in [0.29, 0.717) is 21.5 Å². The Kier molecular flexibility index (Phi) is 4.83. The van der Waals surface area contributed by atoms with Gasteiger partial charge in [-0.05, 0) is 75.2 Å². The second kappa shape index (κ2) is 6.41. The van der Waals surface area contributed by atoms with Crippen molar-refractivity contribution >= 4 is 37.6 Å². The number of benzene rings is 2. The van der Waals surface area contributed by atoms with Gasteiger partial charge in [0.15, 0.2) is 5.78 Å². The minimum Gasteiger partial charge on any atom is -0.497 e. The van der Waals surface area contributed by atoms with E-state index < -0.39 is 0 Å². The van der Waals surface area contributed by atoms with Crippen molar-refractivity contribution in [2.75, 3.05) is 7.11 Å². The topological polar surface area (TPSA) is 35.5 Å². The lowest BCUT2D eigenvalue weighted by Gasteiger charge is -2.10. The van der Waals surface area contributed by atoms with Crippen LogP contribution in [0.15, 0.2) is 45.3 Å². The molecule has 0 heterocycles. The maximum Gasteiger partial charge on any atom is 0.160 e. The van der Waals surface area contributed by atoms with E-state index in [2.05, 4.69) is 31.9 Å². The number of ether oxygens (including phenoxy) is 2. The number of hydrogen-bond donors (Lipinski definition) is 0. The summed E-state index contributed by atoms with van der Waals surface area (Å²) in [5.41, 5.74) is 0.631. The molecule has 104 valence electrons. The first kappa shape index (κ1) is 15.1. The summed E-state index contributed by atoms with van der Waals surface area (Å²) in [7, 11) is 1.61. The Hall–Kier alpha value is -1.33. The first-order chi connectivity index (χ1) is 9.51. The van der Waals surface area contributed by atoms with E-state index in [1.54, 1.807) is 25.3 Å². The Morgan fingerprint density at radius 2 is 1.65 bits per heavy atom. The Balaban J connectivity index is 2.26. The van der Waals surface area contributed by atoms with Gasteiger partial charge < -0.3 is 9.47 Å². The highest BCUT2D eigenvalue weighted by Crippen LogP contribution is 2.34. The maximum absolute atomic E-state index is 11.4. The maximum atomic E-state index is 11.4. The van der Waals surface area contributed by atoms with Crippen molar-refractivity contribution in [1.29, 1.82) is 0 Å². The number of hydrogen-bond acceptors (Lipinski definition) is 3. The van der Waals surface area contributed by atoms with E-state index in [1.807, 2.05) is 18.2 Å². The minimum absolute atomic E-state index is 0.00838. The fraction of sp³-hybridized carbons (Fsp3) is 0.133. The predicted molar refractivity (Wildman–Crippen MR) is 84.9 cm³/mol. The van der Waals surface area contributed by atoms with Gasteiger partial charge in [-0.15, -0.1) is 0 Å². The summed E-state index contributed by atoms with van der Waals surface area (Å²) in [6.45, 7) is 1.53. The minimum atomic E-state index is 0.00838. The molecule has 2 rings (SSSR count). The molecule has 0 aliphatic carbocycles. The molecule has 0 aliphatic heterocycles. The standard InChI is InChI=1S/C15H12Br2O3/c1-9(18)12-5-3-11(8-13(12)16)20-15-6-4-10(19-2)7-14(15)17/h3-8H,1-2H3. The average Bonchev–Trinajstić information content (AvgIpc) is 2.40. The van der Waals surface area contributed by atoms with Crippen LogP contribution in [0.2, 0.25) is 0 Å². The first-order valence-corrected chi connectivity index (χ1v) is 7.41. The molecule has 20 heavy (non-hydrogen) atoms. The molecule has 5 heteroatoms. The number of rotatable bonds is 4. The summed E-state index contributed by atoms with van der Waals surface area (Å²) >= 11 is 6.80. The SMILES string of the molecule is COc1ccc(Oc2ccc(C(C)=O)c(Br)c2)c(Br)c1. The third-order valence-electron chi connectivity index (χ3n) is 2.69. The molecule has 0 aliphatic rings. The van der Waals surface area contributed by atoms with Crippen molar-refractivity contribution in [2.24, 2.45) is 0 Å². The average molecular weight is 400 g/mol. The van der Waals surface area contributed by atoms with Gasteiger partial charge in [0.2, 0.25) is 0 Å². The lowest BCUT2D eigenvalue weighted by molar-refractivity contribution is 0.101. The first-order valence-electron chi connectivity index (χ1n) is 5.83. The molecule has 0 amide bonds. The zero-order valence-electron chi connectivity index (χ0n) is 10.9. The number of carbonyl (C=O) groups excluding carboxylic acids is 1. The summed E-state index contributed by atoms with van der Waals surface area (Å²) in [5, 5.41) is 0. The van der Waals surface area contributed by atoms with Gasteiger partial charge in [-0.3, -0.25) is 4.79 Å². The van der Waals surface area contributed by atoms with Gasteiger partial charge in [-0.2, -0.15) is 0 Å². The third kappa shape index (κ3) is 3.41. The Bertz CT molecular complexity index is 654. The lowest BCUT2D eigenvalue weighted by Crippen LogP contribution is -1.94. The third-order valence-corrected chi connectivity index (χ3v) is 3.96. The normalized spacial score (nSPS) is 10.2. The number of carbonyl (C=O) groups is 1. The molecule has 0 spiro atoms. The number of ketones is 1. The fourth-order valence-electron chi connectivity index (χ4n) is 1.66. The molecular formula is C15H12Br2O3. The summed E-state index contributed by atoms with van der Waals surface area (Å²) < 4.78 is 12.4. The molecule has 0 fully saturated rings. The zero-order valence-corrected chi connectivity index (χ0v) is 14.1. The van der Waals surface area contributed by atoms with Crippen LogP contribution in [0.5, 0.6) is 17.2 Å². The molecule has 0 bridgehead atoms. The Labute approximate surface area is 134 Å². The smallest absolute Gasteiger partial charge is 0.160 e. The molecule has 0 saturated carbocycles. The van der Waals surface area contributed by atoms with E-state index in [1.165, 1.54) is 6.92 Å². The molecule has 0 N–H and O–H groups in total. The van der Waals surface area contributed by atoms with Gasteiger partial charge in [0.1, 0.15) is 17.2 Å². The number of halogens is 2. The van der Waals surface area contributed by atoms with E-state index in [-0.39, 0.29) is 5.78 Å². The van der Waals surface area contributed by atoms with E-state index in [9.17, 15) is 4.79 Å². The molecule has 2 aromatic carbocycles. The van der Waals surface area contributed by atoms with Crippen LogP contribution in [-0.4, -0.2) is 12.9 Å². The van der Waals surface area contributed by atoms with Crippen LogP contribution in [0, 0.1) is 0 Å². The summed E-state index contributed by atoms with van der Waals surface area (Å²) in [5.74, 6) is 2.08. The summed E-state index contributed by atoms with van der Waals surface area (Å²) in [6, 6.07) is 10.7. The number of methoxy groups -OCH3 is 1. The monoisotopic (exact) mass is 398 g/mol. The molecule has 0 atom stereocenters. The van der Waals surface area contributed by atoms with Crippen LogP contribution in [0.4, 0.5) is 0 Å². The number of Topliss-reactive ketones (excluding diaryl/α,β-unsaturated/α-hetero) is 1. The van der Waals surface area contributed by atoms with Crippen LogP contribution in [-0.2, 0) is 0 Å². The van der Waals surface area contributed by atoms with Gasteiger partial charge in [0, 0.05) is 10.0 Å². The Morgan fingerprint density at radius 1 is 1.00 bits per heavy atom. The van der Waals surface area contributed by atoms with Crippen LogP contribution in [0.3, 0.4) is 0 Å². The van der Waals surface area contributed by atoms with Crippen LogP contribution in [0.25, 0.3) is 0 Å². The van der Waals surface area contributed by atoms with Crippen molar-refractivity contribution < 1.29 is 14.3 Å². The highest BCUT2D eigenvalue weighted by molar-refractivity contribution is 9.10. The molecule has 0 aromatic heterocycles. The molecular weight excluding hydrogens is 388 g/mol. The molecule has 2 aromatic rings.